The molecule has 1 aromatic heterocycles. The Morgan fingerprint density at radius 3 is 3.11 bits per heavy atom. The number of hydrogen-bond acceptors (Lipinski definition) is 3. The fourth-order valence-corrected chi connectivity index (χ4v) is 0.826. The first-order valence-electron chi connectivity index (χ1n) is 2.39. The molecule has 3 heteroatoms. The molecule has 0 unspecified atom stereocenters. The molecule has 1 rings (SSSR count). The first-order chi connectivity index (χ1) is 4.43. The summed E-state index contributed by atoms with van der Waals surface area (Å²) in [7, 11) is 0. The number of pyridine rings is 1. The van der Waals surface area contributed by atoms with Gasteiger partial charge in [-0.05, 0) is 23.9 Å². The van der Waals surface area contributed by atoms with Gasteiger partial charge in [-0.3, -0.25) is 4.98 Å². The van der Waals surface area contributed by atoms with Crippen LogP contribution in [-0.2, 0) is 0 Å². The average Bonchev–Trinajstić information content (AvgIpc) is 1.91. The minimum absolute atomic E-state index is 0.889. The van der Waals surface area contributed by atoms with Crippen molar-refractivity contribution in [2.24, 2.45) is 0 Å². The molecule has 0 atom stereocenters. The van der Waals surface area contributed by atoms with Gasteiger partial charge in [0.25, 0.3) is 0 Å². The SMILES string of the molecule is N#CSc1cccnc1. The number of thioether (sulfide) groups is 1. The van der Waals surface area contributed by atoms with Crippen LogP contribution in [0, 0.1) is 10.7 Å². The van der Waals surface area contributed by atoms with Crippen LogP contribution in [0.25, 0.3) is 0 Å². The fraction of sp³-hybridized carbons (Fsp3) is 0. The summed E-state index contributed by atoms with van der Waals surface area (Å²) in [4.78, 5) is 4.72. The van der Waals surface area contributed by atoms with Gasteiger partial charge in [-0.1, -0.05) is 0 Å². The van der Waals surface area contributed by atoms with E-state index in [1.165, 1.54) is 0 Å². The van der Waals surface area contributed by atoms with Crippen molar-refractivity contribution in [1.29, 1.82) is 5.26 Å². The summed E-state index contributed by atoms with van der Waals surface area (Å²) >= 11 is 1.12. The highest BCUT2D eigenvalue weighted by atomic mass is 32.2. The lowest BCUT2D eigenvalue weighted by atomic mass is 10.5. The molecule has 9 heavy (non-hydrogen) atoms. The van der Waals surface area contributed by atoms with Gasteiger partial charge in [-0.2, -0.15) is 5.26 Å². The zero-order valence-electron chi connectivity index (χ0n) is 4.61. The van der Waals surface area contributed by atoms with Crippen LogP contribution in [0.3, 0.4) is 0 Å². The van der Waals surface area contributed by atoms with Crippen molar-refractivity contribution in [3.63, 3.8) is 0 Å². The van der Waals surface area contributed by atoms with Gasteiger partial charge in [-0.25, -0.2) is 0 Å². The van der Waals surface area contributed by atoms with Crippen molar-refractivity contribution in [3.05, 3.63) is 24.5 Å². The van der Waals surface area contributed by atoms with Crippen LogP contribution in [0.1, 0.15) is 0 Å². The van der Waals surface area contributed by atoms with Gasteiger partial charge in [0.15, 0.2) is 0 Å². The zero-order chi connectivity index (χ0) is 6.53. The largest absolute Gasteiger partial charge is 0.264 e. The maximum Gasteiger partial charge on any atom is 0.138 e. The van der Waals surface area contributed by atoms with Gasteiger partial charge in [0.1, 0.15) is 5.40 Å². The molecule has 0 amide bonds. The van der Waals surface area contributed by atoms with Gasteiger partial charge in [0.2, 0.25) is 0 Å². The van der Waals surface area contributed by atoms with Gasteiger partial charge < -0.3 is 0 Å². The number of rotatable bonds is 1. The Kier molecular flexibility index (Phi) is 2.11. The monoisotopic (exact) mass is 136 g/mol. The summed E-state index contributed by atoms with van der Waals surface area (Å²) in [6.45, 7) is 0. The second-order valence-electron chi connectivity index (χ2n) is 1.38. The Balaban J connectivity index is 2.76. The number of nitriles is 1. The summed E-state index contributed by atoms with van der Waals surface area (Å²) < 4.78 is 0. The Hall–Kier alpha value is -1.01. The summed E-state index contributed by atoms with van der Waals surface area (Å²) in [6, 6.07) is 3.65. The van der Waals surface area contributed by atoms with Crippen LogP contribution in [0.2, 0.25) is 0 Å². The highest BCUT2D eigenvalue weighted by Crippen LogP contribution is 2.12. The molecule has 0 fully saturated rings. The third kappa shape index (κ3) is 1.74. The second kappa shape index (κ2) is 3.10. The van der Waals surface area contributed by atoms with Crippen LogP contribution in [0.5, 0.6) is 0 Å². The molecule has 1 heterocycles. The van der Waals surface area contributed by atoms with Crippen molar-refractivity contribution in [3.8, 4) is 5.40 Å². The second-order valence-corrected chi connectivity index (χ2v) is 2.24. The predicted octanol–water partition coefficient (Wildman–Crippen LogP) is 1.65. The smallest absolute Gasteiger partial charge is 0.138 e. The summed E-state index contributed by atoms with van der Waals surface area (Å²) in [5.74, 6) is 0. The molecule has 0 aromatic carbocycles. The topological polar surface area (TPSA) is 36.7 Å². The van der Waals surface area contributed by atoms with E-state index in [4.69, 9.17) is 5.26 Å². The van der Waals surface area contributed by atoms with E-state index in [1.807, 2.05) is 11.5 Å². The van der Waals surface area contributed by atoms with E-state index in [9.17, 15) is 0 Å². The van der Waals surface area contributed by atoms with Gasteiger partial charge in [-0.15, -0.1) is 0 Å². The molecule has 0 aliphatic rings. The van der Waals surface area contributed by atoms with Crippen molar-refractivity contribution >= 4 is 11.8 Å². The predicted molar refractivity (Wildman–Crippen MR) is 35.7 cm³/mol. The standard InChI is InChI=1S/C6H4N2S/c7-5-9-6-2-1-3-8-4-6/h1-4H. The van der Waals surface area contributed by atoms with E-state index in [0.717, 1.165) is 16.7 Å². The maximum absolute atomic E-state index is 8.20. The average molecular weight is 136 g/mol. The Morgan fingerprint density at radius 1 is 1.67 bits per heavy atom. The van der Waals surface area contributed by atoms with E-state index < -0.39 is 0 Å². The molecule has 0 bridgehead atoms. The van der Waals surface area contributed by atoms with Gasteiger partial charge in [0, 0.05) is 17.3 Å². The van der Waals surface area contributed by atoms with E-state index >= 15 is 0 Å². The van der Waals surface area contributed by atoms with Crippen LogP contribution in [-0.4, -0.2) is 4.98 Å². The molecule has 0 aliphatic carbocycles. The molecule has 44 valence electrons. The number of aromatic nitrogens is 1. The van der Waals surface area contributed by atoms with E-state index in [1.54, 1.807) is 18.5 Å². The van der Waals surface area contributed by atoms with E-state index in [0.29, 0.717) is 0 Å². The van der Waals surface area contributed by atoms with Crippen LogP contribution < -0.4 is 0 Å². The molecule has 1 aromatic rings. The van der Waals surface area contributed by atoms with E-state index in [-0.39, 0.29) is 0 Å². The number of nitrogens with zero attached hydrogens (tertiary/aromatic N) is 2. The minimum Gasteiger partial charge on any atom is -0.264 e. The van der Waals surface area contributed by atoms with Crippen molar-refractivity contribution < 1.29 is 0 Å². The third-order valence-electron chi connectivity index (χ3n) is 0.798. The lowest BCUT2D eigenvalue weighted by Crippen LogP contribution is -1.69. The molecule has 0 spiro atoms. The molecule has 0 saturated carbocycles. The van der Waals surface area contributed by atoms with Crippen molar-refractivity contribution in [2.45, 2.75) is 4.90 Å². The molecule has 0 radical (unpaired) electrons. The van der Waals surface area contributed by atoms with Crippen LogP contribution in [0.4, 0.5) is 0 Å². The molecular formula is C6H4N2S. The number of thiocyanates is 1. The van der Waals surface area contributed by atoms with Crippen LogP contribution >= 0.6 is 11.8 Å². The maximum atomic E-state index is 8.20. The van der Waals surface area contributed by atoms with Gasteiger partial charge >= 0.3 is 0 Å². The minimum atomic E-state index is 0.889. The summed E-state index contributed by atoms with van der Waals surface area (Å²) in [5.41, 5.74) is 0. The fourth-order valence-electron chi connectivity index (χ4n) is 0.460. The van der Waals surface area contributed by atoms with E-state index in [2.05, 4.69) is 4.98 Å². The lowest BCUT2D eigenvalue weighted by Gasteiger charge is -1.86. The highest BCUT2D eigenvalue weighted by molar-refractivity contribution is 8.03. The van der Waals surface area contributed by atoms with Crippen molar-refractivity contribution in [1.82, 2.24) is 4.98 Å². The highest BCUT2D eigenvalue weighted by Gasteiger charge is 1.86. The summed E-state index contributed by atoms with van der Waals surface area (Å²) in [5, 5.41) is 10.2. The van der Waals surface area contributed by atoms with Gasteiger partial charge in [0.05, 0.1) is 0 Å². The molecule has 0 saturated heterocycles. The normalized spacial score (nSPS) is 8.33. The molecule has 2 nitrogen and oxygen atoms in total. The van der Waals surface area contributed by atoms with Crippen LogP contribution in [0.15, 0.2) is 29.4 Å². The first kappa shape index (κ1) is 6.12. The summed E-state index contributed by atoms with van der Waals surface area (Å²) in [6.07, 6.45) is 3.34. The lowest BCUT2D eigenvalue weighted by molar-refractivity contribution is 1.24. The number of hydrogen-bond donors (Lipinski definition) is 0. The molecular weight excluding hydrogens is 132 g/mol. The molecule has 0 aliphatic heterocycles. The third-order valence-corrected chi connectivity index (χ3v) is 1.37. The zero-order valence-corrected chi connectivity index (χ0v) is 5.43. The Bertz CT molecular complexity index is 214. The molecule has 0 N–H and O–H groups in total. The quantitative estimate of drug-likeness (QED) is 0.435. The first-order valence-corrected chi connectivity index (χ1v) is 3.21. The van der Waals surface area contributed by atoms with Crippen molar-refractivity contribution in [2.75, 3.05) is 0 Å². The Labute approximate surface area is 57.5 Å². The Morgan fingerprint density at radius 2 is 2.56 bits per heavy atom.